The molecule has 154 valence electrons. The first-order valence-corrected chi connectivity index (χ1v) is 11.2. The lowest BCUT2D eigenvalue weighted by atomic mass is 9.87. The monoisotopic (exact) mass is 432 g/mol. The molecule has 0 bridgehead atoms. The van der Waals surface area contributed by atoms with E-state index in [0.29, 0.717) is 22.1 Å². The Balaban J connectivity index is 2.01. The SMILES string of the molecule is CC(C)n1cnnc1-c1cc(Cl)ccc1NS(=O)(=O)c1ccc(C(C)(C)C)cc1. The molecule has 0 aliphatic heterocycles. The maximum absolute atomic E-state index is 13.0. The highest BCUT2D eigenvalue weighted by Gasteiger charge is 2.21. The smallest absolute Gasteiger partial charge is 0.261 e. The van der Waals surface area contributed by atoms with Crippen molar-refractivity contribution in [1.29, 1.82) is 0 Å². The molecule has 3 aromatic rings. The Hall–Kier alpha value is -2.38. The topological polar surface area (TPSA) is 76.9 Å². The van der Waals surface area contributed by atoms with E-state index >= 15 is 0 Å². The van der Waals surface area contributed by atoms with Crippen LogP contribution in [-0.4, -0.2) is 23.2 Å². The van der Waals surface area contributed by atoms with Gasteiger partial charge in [0.25, 0.3) is 10.0 Å². The zero-order valence-electron chi connectivity index (χ0n) is 17.1. The fraction of sp³-hybridized carbons (Fsp3) is 0.333. The number of hydrogen-bond donors (Lipinski definition) is 1. The van der Waals surface area contributed by atoms with Crippen molar-refractivity contribution in [2.24, 2.45) is 0 Å². The highest BCUT2D eigenvalue weighted by atomic mass is 35.5. The van der Waals surface area contributed by atoms with Crippen LogP contribution in [-0.2, 0) is 15.4 Å². The van der Waals surface area contributed by atoms with Crippen LogP contribution >= 0.6 is 11.6 Å². The van der Waals surface area contributed by atoms with E-state index in [1.54, 1.807) is 36.7 Å². The minimum absolute atomic E-state index is 0.0556. The first-order chi connectivity index (χ1) is 13.5. The van der Waals surface area contributed by atoms with E-state index in [1.807, 2.05) is 30.5 Å². The summed E-state index contributed by atoms with van der Waals surface area (Å²) in [4.78, 5) is 0.191. The summed E-state index contributed by atoms with van der Waals surface area (Å²) in [6.45, 7) is 10.2. The van der Waals surface area contributed by atoms with Crippen LogP contribution in [0.4, 0.5) is 5.69 Å². The Bertz CT molecular complexity index is 1110. The van der Waals surface area contributed by atoms with Gasteiger partial charge >= 0.3 is 0 Å². The molecule has 29 heavy (non-hydrogen) atoms. The maximum atomic E-state index is 13.0. The molecule has 3 rings (SSSR count). The number of aromatic nitrogens is 3. The molecule has 0 spiro atoms. The van der Waals surface area contributed by atoms with E-state index in [1.165, 1.54) is 0 Å². The summed E-state index contributed by atoms with van der Waals surface area (Å²) in [6.07, 6.45) is 1.62. The minimum Gasteiger partial charge on any atom is -0.311 e. The second kappa shape index (κ2) is 7.80. The molecule has 1 heterocycles. The summed E-state index contributed by atoms with van der Waals surface area (Å²) in [5.41, 5.74) is 1.97. The molecule has 0 atom stereocenters. The predicted octanol–water partition coefficient (Wildman–Crippen LogP) is 5.28. The molecule has 0 saturated carbocycles. The number of benzene rings is 2. The van der Waals surface area contributed by atoms with Gasteiger partial charge in [0.05, 0.1) is 10.6 Å². The molecular formula is C21H25ClN4O2S. The average Bonchev–Trinajstić information content (AvgIpc) is 3.12. The summed E-state index contributed by atoms with van der Waals surface area (Å²) >= 11 is 6.18. The Morgan fingerprint density at radius 2 is 1.72 bits per heavy atom. The van der Waals surface area contributed by atoms with Crippen LogP contribution in [0.5, 0.6) is 0 Å². The molecule has 1 aromatic heterocycles. The summed E-state index contributed by atoms with van der Waals surface area (Å²) in [5.74, 6) is 0.545. The minimum atomic E-state index is -3.79. The van der Waals surface area contributed by atoms with Crippen LogP contribution in [0.1, 0.15) is 46.2 Å². The number of nitrogens with zero attached hydrogens (tertiary/aromatic N) is 3. The van der Waals surface area contributed by atoms with Gasteiger partial charge in [0.1, 0.15) is 6.33 Å². The average molecular weight is 433 g/mol. The summed E-state index contributed by atoms with van der Waals surface area (Å²) in [6, 6.07) is 12.0. The van der Waals surface area contributed by atoms with Crippen LogP contribution in [0, 0.1) is 0 Å². The van der Waals surface area contributed by atoms with Crippen molar-refractivity contribution in [1.82, 2.24) is 14.8 Å². The van der Waals surface area contributed by atoms with Crippen molar-refractivity contribution in [2.45, 2.75) is 51.0 Å². The van der Waals surface area contributed by atoms with E-state index in [-0.39, 0.29) is 16.4 Å². The van der Waals surface area contributed by atoms with E-state index in [9.17, 15) is 8.42 Å². The number of rotatable bonds is 5. The Morgan fingerprint density at radius 1 is 1.07 bits per heavy atom. The summed E-state index contributed by atoms with van der Waals surface area (Å²) in [7, 11) is -3.79. The molecule has 0 aliphatic carbocycles. The number of halogens is 1. The molecule has 1 N–H and O–H groups in total. The van der Waals surface area contributed by atoms with Crippen LogP contribution in [0.2, 0.25) is 5.02 Å². The van der Waals surface area contributed by atoms with Gasteiger partial charge in [-0.2, -0.15) is 0 Å². The Morgan fingerprint density at radius 3 is 2.31 bits per heavy atom. The van der Waals surface area contributed by atoms with Gasteiger partial charge in [-0.3, -0.25) is 4.72 Å². The lowest BCUT2D eigenvalue weighted by Crippen LogP contribution is -2.15. The molecule has 2 aromatic carbocycles. The van der Waals surface area contributed by atoms with Crippen LogP contribution in [0.3, 0.4) is 0 Å². The third kappa shape index (κ3) is 4.62. The standard InChI is InChI=1S/C21H25ClN4O2S/c1-14(2)26-13-23-24-20(26)18-12-16(22)8-11-19(18)25-29(27,28)17-9-6-15(7-10-17)21(3,4)5/h6-14,25H,1-5H3. The van der Waals surface area contributed by atoms with Crippen LogP contribution in [0.15, 0.2) is 53.7 Å². The first kappa shape index (κ1) is 21.3. The zero-order valence-corrected chi connectivity index (χ0v) is 18.7. The van der Waals surface area contributed by atoms with Crippen molar-refractivity contribution in [3.8, 4) is 11.4 Å². The quantitative estimate of drug-likeness (QED) is 0.595. The highest BCUT2D eigenvalue weighted by Crippen LogP contribution is 2.32. The molecule has 0 amide bonds. The highest BCUT2D eigenvalue weighted by molar-refractivity contribution is 7.92. The van der Waals surface area contributed by atoms with Gasteiger partial charge in [0.2, 0.25) is 0 Å². The van der Waals surface area contributed by atoms with Crippen molar-refractivity contribution in [3.63, 3.8) is 0 Å². The Labute approximate surface area is 177 Å². The molecule has 0 saturated heterocycles. The van der Waals surface area contributed by atoms with Gasteiger partial charge in [-0.05, 0) is 55.2 Å². The number of anilines is 1. The third-order valence-corrected chi connectivity index (χ3v) is 6.24. The Kier molecular flexibility index (Phi) is 5.74. The van der Waals surface area contributed by atoms with Gasteiger partial charge in [-0.1, -0.05) is 44.5 Å². The van der Waals surface area contributed by atoms with Gasteiger partial charge < -0.3 is 4.57 Å². The predicted molar refractivity (Wildman–Crippen MR) is 117 cm³/mol. The lowest BCUT2D eigenvalue weighted by molar-refractivity contribution is 0.587. The van der Waals surface area contributed by atoms with Crippen LogP contribution in [0.25, 0.3) is 11.4 Å². The molecule has 0 fully saturated rings. The lowest BCUT2D eigenvalue weighted by Gasteiger charge is -2.19. The van der Waals surface area contributed by atoms with Gasteiger partial charge in [0.15, 0.2) is 5.82 Å². The second-order valence-corrected chi connectivity index (χ2v) is 10.3. The number of sulfonamides is 1. The van der Waals surface area contributed by atoms with Crippen LogP contribution < -0.4 is 4.72 Å². The first-order valence-electron chi connectivity index (χ1n) is 9.32. The molecule has 0 radical (unpaired) electrons. The summed E-state index contributed by atoms with van der Waals surface area (Å²) < 4.78 is 30.5. The van der Waals surface area contributed by atoms with E-state index in [4.69, 9.17) is 11.6 Å². The van der Waals surface area contributed by atoms with Crippen molar-refractivity contribution >= 4 is 27.3 Å². The van der Waals surface area contributed by atoms with Gasteiger partial charge in [-0.25, -0.2) is 8.42 Å². The molecule has 0 unspecified atom stereocenters. The van der Waals surface area contributed by atoms with Crippen molar-refractivity contribution in [2.75, 3.05) is 4.72 Å². The number of hydrogen-bond acceptors (Lipinski definition) is 4. The van der Waals surface area contributed by atoms with E-state index in [0.717, 1.165) is 5.56 Å². The normalized spacial score (nSPS) is 12.4. The third-order valence-electron chi connectivity index (χ3n) is 4.63. The fourth-order valence-corrected chi connectivity index (χ4v) is 4.19. The van der Waals surface area contributed by atoms with Gasteiger partial charge in [-0.15, -0.1) is 10.2 Å². The zero-order chi connectivity index (χ0) is 21.4. The van der Waals surface area contributed by atoms with Crippen molar-refractivity contribution in [3.05, 3.63) is 59.4 Å². The van der Waals surface area contributed by atoms with Crippen molar-refractivity contribution < 1.29 is 8.42 Å². The molecule has 0 aliphatic rings. The molecule has 6 nitrogen and oxygen atoms in total. The second-order valence-electron chi connectivity index (χ2n) is 8.23. The largest absolute Gasteiger partial charge is 0.311 e. The maximum Gasteiger partial charge on any atom is 0.261 e. The van der Waals surface area contributed by atoms with E-state index in [2.05, 4.69) is 35.7 Å². The fourth-order valence-electron chi connectivity index (χ4n) is 2.94. The number of nitrogens with one attached hydrogen (secondary N) is 1. The molecule has 8 heteroatoms. The van der Waals surface area contributed by atoms with E-state index < -0.39 is 10.0 Å². The van der Waals surface area contributed by atoms with Gasteiger partial charge in [0, 0.05) is 16.6 Å². The summed E-state index contributed by atoms with van der Waals surface area (Å²) in [5, 5.41) is 8.62. The molecular weight excluding hydrogens is 408 g/mol.